The predicted octanol–water partition coefficient (Wildman–Crippen LogP) is 0.293. The molecule has 0 bridgehead atoms. The van der Waals surface area contributed by atoms with E-state index < -0.39 is 65.2 Å². The molecular formula is C43H66FGdN9O12S. The molecule has 0 saturated carbocycles. The van der Waals surface area contributed by atoms with Crippen LogP contribution in [-0.2, 0) is 44.9 Å². The Labute approximate surface area is 426 Å². The molecule has 1 aromatic carbocycles. The van der Waals surface area contributed by atoms with Crippen molar-refractivity contribution in [3.8, 4) is 0 Å². The monoisotopic (exact) mass is 1110 g/mol. The molecule has 2 fully saturated rings. The quantitative estimate of drug-likeness (QED) is 0.0686. The van der Waals surface area contributed by atoms with Gasteiger partial charge in [0.2, 0.25) is 23.6 Å². The molecule has 2 heterocycles. The van der Waals surface area contributed by atoms with Gasteiger partial charge in [0.1, 0.15) is 5.82 Å². The van der Waals surface area contributed by atoms with E-state index in [-0.39, 0.29) is 181 Å². The first kappa shape index (κ1) is 59.2. The number of rotatable bonds is 24. The summed E-state index contributed by atoms with van der Waals surface area (Å²) in [5.74, 6) is -6.74. The molecule has 0 aromatic heterocycles. The third-order valence-electron chi connectivity index (χ3n) is 11.6. The number of anilines is 1. The van der Waals surface area contributed by atoms with Crippen LogP contribution < -0.4 is 21.3 Å². The molecule has 67 heavy (non-hydrogen) atoms. The molecule has 6 amide bonds. The van der Waals surface area contributed by atoms with Crippen LogP contribution in [0.25, 0.3) is 0 Å². The largest absolute Gasteiger partial charge is 0.480 e. The summed E-state index contributed by atoms with van der Waals surface area (Å²) >= 11 is 1.45. The first-order chi connectivity index (χ1) is 31.3. The normalized spacial score (nSPS) is 18.3. The van der Waals surface area contributed by atoms with E-state index >= 15 is 4.39 Å². The number of hydrogen-bond acceptors (Lipinski definition) is 14. The second-order valence-electron chi connectivity index (χ2n) is 16.8. The maximum atomic E-state index is 15.4. The number of carbonyl (C=O) groups excluding carboxylic acids is 6. The van der Waals surface area contributed by atoms with Crippen molar-refractivity contribution in [2.24, 2.45) is 17.8 Å². The molecule has 3 rings (SSSR count). The van der Waals surface area contributed by atoms with Gasteiger partial charge in [0.15, 0.2) is 5.78 Å². The van der Waals surface area contributed by atoms with E-state index in [0.29, 0.717) is 17.7 Å². The predicted molar refractivity (Wildman–Crippen MR) is 242 cm³/mol. The number of urea groups is 1. The molecule has 0 spiro atoms. The van der Waals surface area contributed by atoms with Crippen LogP contribution in [0.5, 0.6) is 0 Å². The number of hydrogen-bond donors (Lipinski definition) is 7. The number of Topliss-reactive ketones (excluding diaryl/α,β-unsaturated/α-hetero) is 1. The van der Waals surface area contributed by atoms with Crippen molar-refractivity contribution in [3.63, 3.8) is 0 Å². The average Bonchev–Trinajstić information content (AvgIpc) is 3.49. The second kappa shape index (κ2) is 30.6. The van der Waals surface area contributed by atoms with Gasteiger partial charge in [0.05, 0.1) is 37.9 Å². The Balaban J connectivity index is 0.0000154. The number of carboxylic acids is 3. The van der Waals surface area contributed by atoms with Crippen molar-refractivity contribution in [2.45, 2.75) is 59.0 Å². The van der Waals surface area contributed by atoms with Crippen LogP contribution in [0.3, 0.4) is 0 Å². The standard InChI is InChI=1S/C43H66FN9O12S.Gd/c1-5-28(2)31(41(63)45-9-10-53-37(56)20-29(3)42(53)64)22-35(54)34(8-19-66-4)48-43(65)47-33-7-6-30(21-32(33)44)23-46-36(55)24-49-11-13-50(25-38(57)58)15-17-52(27-40(61)62)18-16-51(14-12-49)26-39(59)60;/h6-7,21,28-29,31,34H,5,8-20,22-27H2,1-4H3,(H,45,63)(H,46,55)(H,57,58)(H,59,60)(H,61,62)(H2,47,48,65);/t28-,29?,31-,34-;/m0./s1. The molecule has 0 aliphatic carbocycles. The zero-order valence-corrected chi connectivity index (χ0v) is 41.7. The van der Waals surface area contributed by atoms with Gasteiger partial charge in [-0.1, -0.05) is 33.3 Å². The zero-order chi connectivity index (χ0) is 48.9. The number of nitrogens with one attached hydrogen (secondary N) is 4. The number of thioether (sulfide) groups is 1. The number of nitrogens with zero attached hydrogens (tertiary/aromatic N) is 5. The van der Waals surface area contributed by atoms with Gasteiger partial charge < -0.3 is 36.6 Å². The van der Waals surface area contributed by atoms with Crippen molar-refractivity contribution in [1.82, 2.24) is 40.4 Å². The number of halogens is 1. The molecule has 7 N–H and O–H groups in total. The molecule has 376 valence electrons. The summed E-state index contributed by atoms with van der Waals surface area (Å²) < 4.78 is 15.4. The van der Waals surface area contributed by atoms with E-state index in [1.54, 1.807) is 26.5 Å². The topological polar surface area (TPSA) is 279 Å². The molecule has 2 saturated heterocycles. The van der Waals surface area contributed by atoms with E-state index in [0.717, 1.165) is 11.0 Å². The van der Waals surface area contributed by atoms with Gasteiger partial charge in [-0.15, -0.1) is 0 Å². The zero-order valence-electron chi connectivity index (χ0n) is 38.6. The Morgan fingerprint density at radius 1 is 0.821 bits per heavy atom. The van der Waals surface area contributed by atoms with E-state index in [9.17, 15) is 58.5 Å². The molecule has 2 aliphatic heterocycles. The summed E-state index contributed by atoms with van der Waals surface area (Å²) in [5, 5.41) is 38.9. The Morgan fingerprint density at radius 2 is 1.34 bits per heavy atom. The smallest absolute Gasteiger partial charge is 0.319 e. The Kier molecular flexibility index (Phi) is 27.0. The molecule has 21 nitrogen and oxygen atoms in total. The van der Waals surface area contributed by atoms with Gasteiger partial charge >= 0.3 is 23.9 Å². The van der Waals surface area contributed by atoms with Crippen LogP contribution in [0.1, 0.15) is 52.0 Å². The van der Waals surface area contributed by atoms with Crippen molar-refractivity contribution in [1.29, 1.82) is 0 Å². The number of carbonyl (C=O) groups is 9. The number of likely N-dealkylation sites (tertiary alicyclic amines) is 1. The van der Waals surface area contributed by atoms with E-state index in [4.69, 9.17) is 0 Å². The Hall–Kier alpha value is -3.91. The molecule has 24 heteroatoms. The van der Waals surface area contributed by atoms with Gasteiger partial charge in [-0.2, -0.15) is 11.8 Å². The van der Waals surface area contributed by atoms with Gasteiger partial charge in [-0.05, 0) is 42.0 Å². The number of amides is 6. The summed E-state index contributed by atoms with van der Waals surface area (Å²) in [6, 6.07) is 2.10. The fourth-order valence-corrected chi connectivity index (χ4v) is 8.05. The van der Waals surface area contributed by atoms with Gasteiger partial charge in [0, 0.05) is 137 Å². The fraction of sp³-hybridized carbons (Fsp3) is 0.651. The van der Waals surface area contributed by atoms with Crippen molar-refractivity contribution >= 4 is 70.8 Å². The summed E-state index contributed by atoms with van der Waals surface area (Å²) in [6.45, 7) is 6.13. The van der Waals surface area contributed by atoms with Crippen LogP contribution in [0.15, 0.2) is 18.2 Å². The maximum absolute atomic E-state index is 15.4. The third-order valence-corrected chi connectivity index (χ3v) is 12.3. The van der Waals surface area contributed by atoms with E-state index in [1.165, 1.54) is 23.9 Å². The molecule has 0 radical (unpaired) electrons. The third kappa shape index (κ3) is 21.5. The number of ketones is 1. The fourth-order valence-electron chi connectivity index (χ4n) is 7.58. The van der Waals surface area contributed by atoms with E-state index in [1.807, 2.05) is 20.1 Å². The molecule has 2 aliphatic rings. The molecule has 1 aromatic rings. The second-order valence-corrected chi connectivity index (χ2v) is 17.7. The number of benzene rings is 1. The van der Waals surface area contributed by atoms with Gasteiger partial charge in [0.25, 0.3) is 0 Å². The van der Waals surface area contributed by atoms with Crippen molar-refractivity contribution < 1.29 is 103 Å². The average molecular weight is 1110 g/mol. The minimum Gasteiger partial charge on any atom is -0.480 e. The molecule has 4 atom stereocenters. The van der Waals surface area contributed by atoms with Crippen LogP contribution in [0, 0.1) is 63.5 Å². The van der Waals surface area contributed by atoms with E-state index in [2.05, 4.69) is 21.3 Å². The first-order valence-electron chi connectivity index (χ1n) is 22.1. The van der Waals surface area contributed by atoms with Crippen LogP contribution in [-0.4, -0.2) is 203 Å². The van der Waals surface area contributed by atoms with Crippen molar-refractivity contribution in [2.75, 3.05) is 109 Å². The van der Waals surface area contributed by atoms with Crippen molar-refractivity contribution in [3.05, 3.63) is 29.6 Å². The molecule has 1 unspecified atom stereocenters. The first-order valence-corrected chi connectivity index (χ1v) is 23.5. The molecular weight excluding hydrogens is 1040 g/mol. The minimum atomic E-state index is -1.07. The number of aliphatic carboxylic acids is 3. The maximum Gasteiger partial charge on any atom is 0.319 e. The SMILES string of the molecule is CC[C@H](C)[C@H](CC(=O)[C@H](CCSC)NC(=O)Nc1ccc(CNC(=O)CN2CCN(CC(=O)O)CCN(CC(=O)O)CCN(CC(=O)O)CC2)cc1F)C(=O)NCCN1C(=O)CC(C)C1=O.[Gd]. The Bertz CT molecular complexity index is 1850. The summed E-state index contributed by atoms with van der Waals surface area (Å²) in [4.78, 5) is 120. The van der Waals surface area contributed by atoms with Crippen LogP contribution in [0.4, 0.5) is 14.9 Å². The summed E-state index contributed by atoms with van der Waals surface area (Å²) in [6.07, 6.45) is 2.59. The summed E-state index contributed by atoms with van der Waals surface area (Å²) in [7, 11) is 0. The van der Waals surface area contributed by atoms with Crippen LogP contribution in [0.2, 0.25) is 0 Å². The Morgan fingerprint density at radius 3 is 1.79 bits per heavy atom. The number of imide groups is 1. The minimum absolute atomic E-state index is 0. The van der Waals surface area contributed by atoms with Crippen LogP contribution >= 0.6 is 11.8 Å². The number of carboxylic acid groups (broad SMARTS) is 3. The van der Waals surface area contributed by atoms with Gasteiger partial charge in [-0.3, -0.25) is 62.9 Å². The summed E-state index contributed by atoms with van der Waals surface area (Å²) in [5.41, 5.74) is 0.171. The van der Waals surface area contributed by atoms with Gasteiger partial charge in [-0.25, -0.2) is 9.18 Å².